The normalized spacial score (nSPS) is 16.5. The molecule has 0 N–H and O–H groups in total. The monoisotopic (exact) mass is 434 g/mol. The lowest BCUT2D eigenvalue weighted by atomic mass is 10.1. The Labute approximate surface area is 183 Å². The van der Waals surface area contributed by atoms with Gasteiger partial charge in [0.2, 0.25) is 0 Å². The van der Waals surface area contributed by atoms with E-state index in [1.807, 2.05) is 25.1 Å². The van der Waals surface area contributed by atoms with E-state index in [4.69, 9.17) is 4.42 Å². The number of carbonyl (C=O) groups is 2. The van der Waals surface area contributed by atoms with Crippen LogP contribution in [-0.4, -0.2) is 28.3 Å². The summed E-state index contributed by atoms with van der Waals surface area (Å²) in [6, 6.07) is 16.6. The van der Waals surface area contributed by atoms with Gasteiger partial charge in [0.25, 0.3) is 5.91 Å². The van der Waals surface area contributed by atoms with Gasteiger partial charge < -0.3 is 4.42 Å². The van der Waals surface area contributed by atoms with Crippen LogP contribution in [0.25, 0.3) is 17.4 Å². The summed E-state index contributed by atoms with van der Waals surface area (Å²) in [4.78, 5) is 30.8. The van der Waals surface area contributed by atoms with Crippen molar-refractivity contribution in [1.82, 2.24) is 4.90 Å². The summed E-state index contributed by atoms with van der Waals surface area (Å²) in [7, 11) is 0. The van der Waals surface area contributed by atoms with Crippen molar-refractivity contribution >= 4 is 40.4 Å². The molecule has 0 bridgehead atoms. The molecule has 0 spiro atoms. The van der Waals surface area contributed by atoms with Gasteiger partial charge in [-0.05, 0) is 62.0 Å². The van der Waals surface area contributed by atoms with Gasteiger partial charge in [-0.25, -0.2) is 9.38 Å². The van der Waals surface area contributed by atoms with Crippen LogP contribution >= 0.6 is 11.8 Å². The number of aliphatic imine (C=N–C) groups is 1. The molecule has 1 amide bonds. The highest BCUT2D eigenvalue weighted by Crippen LogP contribution is 2.35. The highest BCUT2D eigenvalue weighted by atomic mass is 32.2. The Balaban J connectivity index is 1.58. The minimum atomic E-state index is -0.336. The molecule has 156 valence electrons. The molecular formula is C24H19FN2O3S. The van der Waals surface area contributed by atoms with Gasteiger partial charge in [0.05, 0.1) is 10.6 Å². The lowest BCUT2D eigenvalue weighted by Crippen LogP contribution is -2.28. The minimum absolute atomic E-state index is 0.00627. The van der Waals surface area contributed by atoms with E-state index in [2.05, 4.69) is 4.99 Å². The van der Waals surface area contributed by atoms with Crippen LogP contribution in [0.2, 0.25) is 0 Å². The molecule has 1 saturated heterocycles. The number of nitrogens with zero attached hydrogens (tertiary/aromatic N) is 2. The molecular weight excluding hydrogens is 415 g/mol. The maximum absolute atomic E-state index is 13.1. The second kappa shape index (κ2) is 8.73. The molecule has 31 heavy (non-hydrogen) atoms. The number of amidine groups is 1. The predicted octanol–water partition coefficient (Wildman–Crippen LogP) is 5.91. The third-order valence-electron chi connectivity index (χ3n) is 4.73. The predicted molar refractivity (Wildman–Crippen MR) is 121 cm³/mol. The number of Topliss-reactive ketones (excluding diaryl/α,β-unsaturated/α-hetero) is 1. The third kappa shape index (κ3) is 4.51. The zero-order valence-corrected chi connectivity index (χ0v) is 17.8. The van der Waals surface area contributed by atoms with E-state index in [0.717, 1.165) is 5.56 Å². The van der Waals surface area contributed by atoms with Crippen molar-refractivity contribution in [2.75, 3.05) is 6.54 Å². The lowest BCUT2D eigenvalue weighted by Gasteiger charge is -2.11. The second-order valence-electron chi connectivity index (χ2n) is 6.87. The molecule has 4 rings (SSSR count). The largest absolute Gasteiger partial charge is 0.457 e. The quantitative estimate of drug-likeness (QED) is 0.370. The van der Waals surface area contributed by atoms with Crippen LogP contribution in [0.1, 0.15) is 30.0 Å². The number of ketones is 1. The number of thioether (sulfide) groups is 1. The number of carbonyl (C=O) groups excluding carboxylic acids is 2. The van der Waals surface area contributed by atoms with Crippen LogP contribution in [0.4, 0.5) is 10.1 Å². The average molecular weight is 434 g/mol. The Hall–Kier alpha value is -3.45. The van der Waals surface area contributed by atoms with E-state index in [9.17, 15) is 14.0 Å². The maximum Gasteiger partial charge on any atom is 0.266 e. The molecule has 0 radical (unpaired) electrons. The molecule has 0 aliphatic carbocycles. The van der Waals surface area contributed by atoms with Gasteiger partial charge in [-0.1, -0.05) is 24.3 Å². The molecule has 5 nitrogen and oxygen atoms in total. The molecule has 2 aromatic carbocycles. The number of halogens is 1. The average Bonchev–Trinajstić information content (AvgIpc) is 3.34. The van der Waals surface area contributed by atoms with Gasteiger partial charge in [-0.15, -0.1) is 0 Å². The van der Waals surface area contributed by atoms with Crippen molar-refractivity contribution in [2.45, 2.75) is 13.8 Å². The van der Waals surface area contributed by atoms with Crippen LogP contribution in [-0.2, 0) is 4.79 Å². The van der Waals surface area contributed by atoms with Crippen LogP contribution in [0, 0.1) is 5.82 Å². The Morgan fingerprint density at radius 3 is 2.45 bits per heavy atom. The molecule has 0 saturated carbocycles. The molecule has 0 unspecified atom stereocenters. The van der Waals surface area contributed by atoms with Crippen molar-refractivity contribution in [2.24, 2.45) is 4.99 Å². The van der Waals surface area contributed by atoms with Crippen molar-refractivity contribution < 1.29 is 18.4 Å². The van der Waals surface area contributed by atoms with Gasteiger partial charge in [-0.3, -0.25) is 14.5 Å². The summed E-state index contributed by atoms with van der Waals surface area (Å²) >= 11 is 1.25. The number of rotatable bonds is 5. The smallest absolute Gasteiger partial charge is 0.266 e. The van der Waals surface area contributed by atoms with E-state index in [1.54, 1.807) is 41.3 Å². The van der Waals surface area contributed by atoms with Crippen molar-refractivity contribution in [3.63, 3.8) is 0 Å². The Bertz CT molecular complexity index is 1190. The van der Waals surface area contributed by atoms with Crippen LogP contribution in [0.5, 0.6) is 0 Å². The highest BCUT2D eigenvalue weighted by Gasteiger charge is 2.32. The fourth-order valence-electron chi connectivity index (χ4n) is 3.08. The standard InChI is InChI=1S/C24H19FN2O3S/c1-3-27-23(29)22(31-24(27)26-19-10-8-18(25)9-11-19)14-20-12-13-21(30-20)17-6-4-16(5-7-17)15(2)28/h4-14H,3H2,1-2H3/b22-14+,26-24?. The SMILES string of the molecule is CCN1C(=O)/C(=C\c2ccc(-c3ccc(C(C)=O)cc3)o2)SC1=Nc1ccc(F)cc1. The number of furan rings is 1. The van der Waals surface area contributed by atoms with Gasteiger partial charge in [-0.2, -0.15) is 0 Å². The number of benzene rings is 2. The summed E-state index contributed by atoms with van der Waals surface area (Å²) in [6.07, 6.45) is 1.69. The van der Waals surface area contributed by atoms with Crippen LogP contribution in [0.3, 0.4) is 0 Å². The zero-order valence-electron chi connectivity index (χ0n) is 17.0. The second-order valence-corrected chi connectivity index (χ2v) is 7.88. The van der Waals surface area contributed by atoms with Gasteiger partial charge >= 0.3 is 0 Å². The van der Waals surface area contributed by atoms with E-state index < -0.39 is 0 Å². The third-order valence-corrected chi connectivity index (χ3v) is 5.74. The van der Waals surface area contributed by atoms with Crippen molar-refractivity contribution in [1.29, 1.82) is 0 Å². The molecule has 3 aromatic rings. The first-order valence-electron chi connectivity index (χ1n) is 9.71. The first-order valence-corrected chi connectivity index (χ1v) is 10.5. The fraction of sp³-hybridized carbons (Fsp3) is 0.125. The van der Waals surface area contributed by atoms with Gasteiger partial charge in [0, 0.05) is 23.7 Å². The lowest BCUT2D eigenvalue weighted by molar-refractivity contribution is -0.122. The fourth-order valence-corrected chi connectivity index (χ4v) is 4.12. The molecule has 2 heterocycles. The van der Waals surface area contributed by atoms with Crippen LogP contribution in [0.15, 0.2) is 75.0 Å². The van der Waals surface area contributed by atoms with E-state index in [0.29, 0.717) is 39.4 Å². The number of amides is 1. The highest BCUT2D eigenvalue weighted by molar-refractivity contribution is 8.18. The summed E-state index contributed by atoms with van der Waals surface area (Å²) in [5.41, 5.74) is 2.05. The minimum Gasteiger partial charge on any atom is -0.457 e. The van der Waals surface area contributed by atoms with Crippen LogP contribution < -0.4 is 0 Å². The number of likely N-dealkylation sites (N-methyl/N-ethyl adjacent to an activating group) is 1. The first kappa shape index (κ1) is 20.8. The Morgan fingerprint density at radius 2 is 1.81 bits per heavy atom. The number of hydrogen-bond donors (Lipinski definition) is 0. The topological polar surface area (TPSA) is 62.9 Å². The van der Waals surface area contributed by atoms with Crippen molar-refractivity contribution in [3.8, 4) is 11.3 Å². The molecule has 1 fully saturated rings. The Kier molecular flexibility index (Phi) is 5.86. The summed E-state index contributed by atoms with van der Waals surface area (Å²) in [6.45, 7) is 3.86. The summed E-state index contributed by atoms with van der Waals surface area (Å²) in [5.74, 6) is 0.700. The molecule has 1 aliphatic rings. The van der Waals surface area contributed by atoms with E-state index >= 15 is 0 Å². The van der Waals surface area contributed by atoms with E-state index in [-0.39, 0.29) is 17.5 Å². The first-order chi connectivity index (χ1) is 14.9. The molecule has 1 aromatic heterocycles. The molecule has 0 atom stereocenters. The van der Waals surface area contributed by atoms with E-state index in [1.165, 1.54) is 30.8 Å². The molecule has 7 heteroatoms. The zero-order chi connectivity index (χ0) is 22.0. The number of hydrogen-bond acceptors (Lipinski definition) is 5. The Morgan fingerprint density at radius 1 is 1.10 bits per heavy atom. The van der Waals surface area contributed by atoms with Gasteiger partial charge in [0.1, 0.15) is 17.3 Å². The van der Waals surface area contributed by atoms with Crippen molar-refractivity contribution in [3.05, 3.63) is 82.7 Å². The summed E-state index contributed by atoms with van der Waals surface area (Å²) < 4.78 is 19.0. The van der Waals surface area contributed by atoms with Gasteiger partial charge in [0.15, 0.2) is 11.0 Å². The summed E-state index contributed by atoms with van der Waals surface area (Å²) in [5, 5.41) is 0.539. The maximum atomic E-state index is 13.1. The molecule has 1 aliphatic heterocycles.